The van der Waals surface area contributed by atoms with Crippen LogP contribution in [0.3, 0.4) is 0 Å². The predicted molar refractivity (Wildman–Crippen MR) is 64.3 cm³/mol. The summed E-state index contributed by atoms with van der Waals surface area (Å²) in [5.41, 5.74) is 0. The molecular formula is C12H18N2O5. The molecule has 19 heavy (non-hydrogen) atoms. The molecule has 3 atom stereocenters. The molecule has 2 saturated heterocycles. The van der Waals surface area contributed by atoms with Crippen molar-refractivity contribution in [3.8, 4) is 0 Å². The fourth-order valence-corrected chi connectivity index (χ4v) is 2.57. The van der Waals surface area contributed by atoms with Gasteiger partial charge in [0.2, 0.25) is 5.91 Å². The molecule has 0 bridgehead atoms. The number of nitrogens with zero attached hydrogens (tertiary/aromatic N) is 1. The Kier molecular flexibility index (Phi) is 4.04. The van der Waals surface area contributed by atoms with Crippen LogP contribution in [0, 0.1) is 0 Å². The predicted octanol–water partition coefficient (Wildman–Crippen LogP) is -0.644. The molecule has 0 aliphatic carbocycles. The Morgan fingerprint density at radius 3 is 2.68 bits per heavy atom. The van der Waals surface area contributed by atoms with Crippen molar-refractivity contribution in [3.05, 3.63) is 0 Å². The lowest BCUT2D eigenvalue weighted by Crippen LogP contribution is -2.58. The number of ether oxygens (including phenoxy) is 1. The van der Waals surface area contributed by atoms with E-state index in [-0.39, 0.29) is 11.8 Å². The number of carboxylic acids is 1. The zero-order valence-corrected chi connectivity index (χ0v) is 10.8. The maximum absolute atomic E-state index is 12.3. The zero-order chi connectivity index (χ0) is 14.0. The van der Waals surface area contributed by atoms with E-state index in [0.29, 0.717) is 32.4 Å². The molecule has 2 fully saturated rings. The minimum atomic E-state index is -1.04. The largest absolute Gasteiger partial charge is 0.479 e. The van der Waals surface area contributed by atoms with E-state index in [0.717, 1.165) is 0 Å². The van der Waals surface area contributed by atoms with Gasteiger partial charge in [-0.3, -0.25) is 9.59 Å². The number of hydrogen-bond acceptors (Lipinski definition) is 4. The van der Waals surface area contributed by atoms with Gasteiger partial charge in [-0.15, -0.1) is 0 Å². The van der Waals surface area contributed by atoms with E-state index < -0.39 is 24.2 Å². The first kappa shape index (κ1) is 13.8. The van der Waals surface area contributed by atoms with Crippen LogP contribution in [0.1, 0.15) is 26.2 Å². The van der Waals surface area contributed by atoms with Gasteiger partial charge in [-0.2, -0.15) is 0 Å². The van der Waals surface area contributed by atoms with Gasteiger partial charge < -0.3 is 20.1 Å². The monoisotopic (exact) mass is 270 g/mol. The molecule has 0 aromatic heterocycles. The molecule has 3 unspecified atom stereocenters. The van der Waals surface area contributed by atoms with E-state index in [9.17, 15) is 14.4 Å². The highest BCUT2D eigenvalue weighted by Crippen LogP contribution is 2.23. The lowest BCUT2D eigenvalue weighted by molar-refractivity contribution is -0.158. The molecule has 2 N–H and O–H groups in total. The molecule has 2 aliphatic rings. The summed E-state index contributed by atoms with van der Waals surface area (Å²) in [4.78, 5) is 36.3. The van der Waals surface area contributed by atoms with Crippen LogP contribution in [-0.4, -0.2) is 59.1 Å². The molecule has 7 heteroatoms. The van der Waals surface area contributed by atoms with Crippen LogP contribution < -0.4 is 5.32 Å². The summed E-state index contributed by atoms with van der Waals surface area (Å²) in [6, 6.07) is -0.478. The number of rotatable bonds is 3. The summed E-state index contributed by atoms with van der Waals surface area (Å²) in [6.45, 7) is 2.71. The van der Waals surface area contributed by atoms with E-state index >= 15 is 0 Å². The van der Waals surface area contributed by atoms with Crippen LogP contribution in [0.5, 0.6) is 0 Å². The van der Waals surface area contributed by atoms with Gasteiger partial charge in [0.05, 0.1) is 0 Å². The quantitative estimate of drug-likeness (QED) is 0.711. The van der Waals surface area contributed by atoms with Gasteiger partial charge in [0.15, 0.2) is 6.10 Å². The SMILES string of the molecule is CCC1C(=O)NCCN1C(=O)C1CCC(C(=O)O)O1. The highest BCUT2D eigenvalue weighted by Gasteiger charge is 2.40. The summed E-state index contributed by atoms with van der Waals surface area (Å²) < 4.78 is 5.24. The van der Waals surface area contributed by atoms with Crippen molar-refractivity contribution >= 4 is 17.8 Å². The average Bonchev–Trinajstić information content (AvgIpc) is 2.87. The van der Waals surface area contributed by atoms with Crippen molar-refractivity contribution in [2.24, 2.45) is 0 Å². The zero-order valence-electron chi connectivity index (χ0n) is 10.8. The molecule has 0 aromatic rings. The van der Waals surface area contributed by atoms with E-state index in [1.54, 1.807) is 0 Å². The lowest BCUT2D eigenvalue weighted by atomic mass is 10.1. The van der Waals surface area contributed by atoms with Crippen LogP contribution in [0.25, 0.3) is 0 Å². The molecule has 0 radical (unpaired) electrons. The molecular weight excluding hydrogens is 252 g/mol. The highest BCUT2D eigenvalue weighted by atomic mass is 16.5. The van der Waals surface area contributed by atoms with E-state index in [4.69, 9.17) is 9.84 Å². The molecule has 0 spiro atoms. The number of carbonyl (C=O) groups is 3. The van der Waals surface area contributed by atoms with Crippen LogP contribution in [0.15, 0.2) is 0 Å². The number of piperazine rings is 1. The Balaban J connectivity index is 2.03. The van der Waals surface area contributed by atoms with Crippen molar-refractivity contribution in [2.45, 2.75) is 44.4 Å². The number of carboxylic acid groups (broad SMARTS) is 1. The standard InChI is InChI=1S/C12H18N2O5/c1-2-7-10(15)13-5-6-14(7)11(16)8-3-4-9(19-8)12(17)18/h7-9H,2-6H2,1H3,(H,13,15)(H,17,18). The lowest BCUT2D eigenvalue weighted by Gasteiger charge is -2.35. The second kappa shape index (κ2) is 5.56. The van der Waals surface area contributed by atoms with Crippen LogP contribution in [0.2, 0.25) is 0 Å². The summed E-state index contributed by atoms with van der Waals surface area (Å²) in [5, 5.41) is 11.6. The van der Waals surface area contributed by atoms with Crippen molar-refractivity contribution in [3.63, 3.8) is 0 Å². The average molecular weight is 270 g/mol. The van der Waals surface area contributed by atoms with Crippen molar-refractivity contribution in [2.75, 3.05) is 13.1 Å². The molecule has 106 valence electrons. The van der Waals surface area contributed by atoms with Gasteiger partial charge in [0, 0.05) is 13.1 Å². The first-order chi connectivity index (χ1) is 9.04. The van der Waals surface area contributed by atoms with Gasteiger partial charge in [0.25, 0.3) is 5.91 Å². The van der Waals surface area contributed by atoms with Crippen molar-refractivity contribution < 1.29 is 24.2 Å². The summed E-state index contributed by atoms with van der Waals surface area (Å²) >= 11 is 0. The molecule has 0 saturated carbocycles. The maximum Gasteiger partial charge on any atom is 0.332 e. The van der Waals surface area contributed by atoms with Crippen LogP contribution in [0.4, 0.5) is 0 Å². The van der Waals surface area contributed by atoms with Gasteiger partial charge in [0.1, 0.15) is 12.1 Å². The van der Waals surface area contributed by atoms with E-state index in [2.05, 4.69) is 5.32 Å². The Bertz CT molecular complexity index is 398. The number of nitrogens with one attached hydrogen (secondary N) is 1. The van der Waals surface area contributed by atoms with E-state index in [1.165, 1.54) is 4.90 Å². The number of amides is 2. The van der Waals surface area contributed by atoms with Crippen LogP contribution >= 0.6 is 0 Å². The second-order valence-corrected chi connectivity index (χ2v) is 4.78. The number of aliphatic carboxylic acids is 1. The molecule has 7 nitrogen and oxygen atoms in total. The Morgan fingerprint density at radius 1 is 1.42 bits per heavy atom. The summed E-state index contributed by atoms with van der Waals surface area (Å²) in [7, 11) is 0. The summed E-state index contributed by atoms with van der Waals surface area (Å²) in [6.07, 6.45) is -0.381. The summed E-state index contributed by atoms with van der Waals surface area (Å²) in [5.74, 6) is -1.47. The number of hydrogen-bond donors (Lipinski definition) is 2. The van der Waals surface area contributed by atoms with Crippen molar-refractivity contribution in [1.29, 1.82) is 0 Å². The Labute approximate surface area is 110 Å². The normalized spacial score (nSPS) is 31.1. The molecule has 2 amide bonds. The third-order valence-electron chi connectivity index (χ3n) is 3.57. The van der Waals surface area contributed by atoms with Gasteiger partial charge >= 0.3 is 5.97 Å². The fraction of sp³-hybridized carbons (Fsp3) is 0.750. The number of carbonyl (C=O) groups excluding carboxylic acids is 2. The third kappa shape index (κ3) is 2.70. The topological polar surface area (TPSA) is 95.9 Å². The third-order valence-corrected chi connectivity index (χ3v) is 3.57. The minimum absolute atomic E-state index is 0.158. The van der Waals surface area contributed by atoms with Crippen LogP contribution in [-0.2, 0) is 19.1 Å². The second-order valence-electron chi connectivity index (χ2n) is 4.78. The highest BCUT2D eigenvalue weighted by molar-refractivity contribution is 5.90. The smallest absolute Gasteiger partial charge is 0.332 e. The fourth-order valence-electron chi connectivity index (χ4n) is 2.57. The maximum atomic E-state index is 12.3. The Morgan fingerprint density at radius 2 is 2.11 bits per heavy atom. The first-order valence-corrected chi connectivity index (χ1v) is 6.51. The molecule has 2 rings (SSSR count). The Hall–Kier alpha value is -1.63. The molecule has 2 heterocycles. The molecule has 2 aliphatic heterocycles. The van der Waals surface area contributed by atoms with Gasteiger partial charge in [-0.25, -0.2) is 4.79 Å². The van der Waals surface area contributed by atoms with Gasteiger partial charge in [-0.05, 0) is 19.3 Å². The van der Waals surface area contributed by atoms with Crippen molar-refractivity contribution in [1.82, 2.24) is 10.2 Å². The minimum Gasteiger partial charge on any atom is -0.479 e. The first-order valence-electron chi connectivity index (χ1n) is 6.51. The van der Waals surface area contributed by atoms with E-state index in [1.807, 2.05) is 6.92 Å². The van der Waals surface area contributed by atoms with Gasteiger partial charge in [-0.1, -0.05) is 6.92 Å². The molecule has 0 aromatic carbocycles.